The Labute approximate surface area is 164 Å². The molecule has 0 spiro atoms. The topological polar surface area (TPSA) is 118 Å². The fourth-order valence-corrected chi connectivity index (χ4v) is 2.56. The number of imidazole rings is 1. The van der Waals surface area contributed by atoms with Crippen LogP contribution < -0.4 is 5.32 Å². The fourth-order valence-electron chi connectivity index (χ4n) is 2.01. The van der Waals surface area contributed by atoms with Crippen LogP contribution in [0.1, 0.15) is 33.8 Å². The Morgan fingerprint density at radius 1 is 1.11 bits per heavy atom. The molecule has 2 rings (SSSR count). The van der Waals surface area contributed by atoms with Gasteiger partial charge in [-0.05, 0) is 12.1 Å². The predicted octanol–water partition coefficient (Wildman–Crippen LogP) is 2.22. The van der Waals surface area contributed by atoms with Crippen molar-refractivity contribution in [3.05, 3.63) is 52.0 Å². The molecule has 8 nitrogen and oxygen atoms in total. The number of aromatic nitrogens is 2. The van der Waals surface area contributed by atoms with Crippen LogP contribution in [0.2, 0.25) is 10.0 Å². The van der Waals surface area contributed by atoms with Crippen molar-refractivity contribution in [2.45, 2.75) is 12.8 Å². The number of rotatable bonds is 9. The van der Waals surface area contributed by atoms with Crippen LogP contribution in [-0.2, 0) is 14.3 Å². The number of nitrogens with zero attached hydrogens (tertiary/aromatic N) is 1. The van der Waals surface area contributed by atoms with E-state index in [0.717, 1.165) is 0 Å². The van der Waals surface area contributed by atoms with Crippen LogP contribution in [0.15, 0.2) is 30.6 Å². The van der Waals surface area contributed by atoms with Crippen LogP contribution in [0.4, 0.5) is 0 Å². The smallest absolute Gasteiger partial charge is 0.341 e. The lowest BCUT2D eigenvalue weighted by Gasteiger charge is -2.08. The van der Waals surface area contributed by atoms with Gasteiger partial charge >= 0.3 is 5.97 Å². The molecule has 0 unspecified atom stereocenters. The number of halogens is 2. The molecule has 27 heavy (non-hydrogen) atoms. The zero-order valence-electron chi connectivity index (χ0n) is 14.0. The normalized spacial score (nSPS) is 10.3. The standard InChI is InChI=1S/C17H15Cl2N3O5/c18-11-2-1-3-12(19)15(11)17(26)27-9-10(23)8-22-14(25)5-4-13(24)16-20-6-7-21-16/h1-3,6-7H,4-5,8-9H2,(H,20,21)(H,22,25). The molecule has 2 N–H and O–H groups in total. The summed E-state index contributed by atoms with van der Waals surface area (Å²) in [6, 6.07) is 4.50. The summed E-state index contributed by atoms with van der Waals surface area (Å²) in [6.45, 7) is -0.886. The molecule has 1 amide bonds. The van der Waals surface area contributed by atoms with E-state index in [1.165, 1.54) is 24.5 Å². The van der Waals surface area contributed by atoms with Crippen LogP contribution in [0.25, 0.3) is 0 Å². The Morgan fingerprint density at radius 3 is 2.44 bits per heavy atom. The Morgan fingerprint density at radius 2 is 1.81 bits per heavy atom. The van der Waals surface area contributed by atoms with Crippen molar-refractivity contribution >= 4 is 46.6 Å². The van der Waals surface area contributed by atoms with Crippen molar-refractivity contribution in [1.29, 1.82) is 0 Å². The summed E-state index contributed by atoms with van der Waals surface area (Å²) < 4.78 is 4.86. The van der Waals surface area contributed by atoms with Gasteiger partial charge in [0.05, 0.1) is 22.2 Å². The number of hydrogen-bond donors (Lipinski definition) is 2. The molecule has 0 aliphatic heterocycles. The molecule has 10 heteroatoms. The SMILES string of the molecule is O=C(CNC(=O)CCC(=O)c1ncc[nH]1)COC(=O)c1c(Cl)cccc1Cl. The maximum absolute atomic E-state index is 11.9. The number of H-pyrrole nitrogens is 1. The number of esters is 1. The molecule has 0 saturated carbocycles. The molecule has 1 aromatic heterocycles. The van der Waals surface area contributed by atoms with Crippen molar-refractivity contribution in [2.24, 2.45) is 0 Å². The minimum Gasteiger partial charge on any atom is -0.454 e. The minimum atomic E-state index is -0.839. The molecular formula is C17H15Cl2N3O5. The first-order valence-corrected chi connectivity index (χ1v) is 8.56. The third-order valence-electron chi connectivity index (χ3n) is 3.36. The first kappa shape index (κ1) is 20.6. The summed E-state index contributed by atoms with van der Waals surface area (Å²) in [4.78, 5) is 53.5. The van der Waals surface area contributed by atoms with E-state index in [-0.39, 0.29) is 46.6 Å². The summed E-state index contributed by atoms with van der Waals surface area (Å²) in [7, 11) is 0. The zero-order chi connectivity index (χ0) is 19.8. The number of ether oxygens (including phenoxy) is 1. The Kier molecular flexibility index (Phi) is 7.51. The number of nitrogens with one attached hydrogen (secondary N) is 2. The second-order valence-electron chi connectivity index (χ2n) is 5.35. The van der Waals surface area contributed by atoms with Crippen molar-refractivity contribution in [3.8, 4) is 0 Å². The summed E-state index contributed by atoms with van der Waals surface area (Å²) >= 11 is 11.8. The second-order valence-corrected chi connectivity index (χ2v) is 6.16. The van der Waals surface area contributed by atoms with E-state index in [2.05, 4.69) is 15.3 Å². The predicted molar refractivity (Wildman–Crippen MR) is 96.9 cm³/mol. The van der Waals surface area contributed by atoms with E-state index in [4.69, 9.17) is 27.9 Å². The Hall–Kier alpha value is -2.71. The Bertz CT molecular complexity index is 832. The molecule has 2 aromatic rings. The number of amides is 1. The van der Waals surface area contributed by atoms with Gasteiger partial charge in [-0.3, -0.25) is 14.4 Å². The van der Waals surface area contributed by atoms with E-state index in [0.29, 0.717) is 0 Å². The van der Waals surface area contributed by atoms with Crippen molar-refractivity contribution in [3.63, 3.8) is 0 Å². The number of hydrogen-bond acceptors (Lipinski definition) is 6. The average Bonchev–Trinajstić information content (AvgIpc) is 3.17. The van der Waals surface area contributed by atoms with Gasteiger partial charge in [-0.25, -0.2) is 9.78 Å². The third kappa shape index (κ3) is 6.19. The molecule has 1 heterocycles. The highest BCUT2D eigenvalue weighted by molar-refractivity contribution is 6.39. The number of ketones is 2. The average molecular weight is 412 g/mol. The summed E-state index contributed by atoms with van der Waals surface area (Å²) in [5.74, 6) is -1.99. The monoisotopic (exact) mass is 411 g/mol. The maximum Gasteiger partial charge on any atom is 0.341 e. The lowest BCUT2D eigenvalue weighted by atomic mass is 10.2. The molecule has 0 radical (unpaired) electrons. The summed E-state index contributed by atoms with van der Waals surface area (Å²) in [5, 5.41) is 2.57. The van der Waals surface area contributed by atoms with Gasteiger partial charge in [-0.2, -0.15) is 0 Å². The lowest BCUT2D eigenvalue weighted by molar-refractivity contribution is -0.126. The van der Waals surface area contributed by atoms with Gasteiger partial charge < -0.3 is 15.0 Å². The number of Topliss-reactive ketones (excluding diaryl/α,β-unsaturated/α-hetero) is 2. The molecular weight excluding hydrogens is 397 g/mol. The zero-order valence-corrected chi connectivity index (χ0v) is 15.5. The molecule has 142 valence electrons. The second kappa shape index (κ2) is 9.84. The number of aromatic amines is 1. The molecule has 1 aromatic carbocycles. The van der Waals surface area contributed by atoms with Gasteiger partial charge in [0.2, 0.25) is 5.91 Å². The van der Waals surface area contributed by atoms with Crippen molar-refractivity contribution in [2.75, 3.05) is 13.2 Å². The molecule has 0 saturated heterocycles. The van der Waals surface area contributed by atoms with Crippen LogP contribution in [0, 0.1) is 0 Å². The highest BCUT2D eigenvalue weighted by Crippen LogP contribution is 2.24. The number of carbonyl (C=O) groups is 4. The summed E-state index contributed by atoms with van der Waals surface area (Å²) in [5.41, 5.74) is -0.0332. The molecule has 0 atom stereocenters. The highest BCUT2D eigenvalue weighted by Gasteiger charge is 2.18. The van der Waals surface area contributed by atoms with Crippen molar-refractivity contribution < 1.29 is 23.9 Å². The van der Waals surface area contributed by atoms with E-state index in [1.54, 1.807) is 6.07 Å². The van der Waals surface area contributed by atoms with E-state index < -0.39 is 24.3 Å². The van der Waals surface area contributed by atoms with E-state index >= 15 is 0 Å². The van der Waals surface area contributed by atoms with Crippen molar-refractivity contribution in [1.82, 2.24) is 15.3 Å². The summed E-state index contributed by atoms with van der Waals surface area (Å²) in [6.07, 6.45) is 2.79. The highest BCUT2D eigenvalue weighted by atomic mass is 35.5. The first-order chi connectivity index (χ1) is 12.9. The van der Waals surface area contributed by atoms with Gasteiger partial charge in [-0.1, -0.05) is 29.3 Å². The fraction of sp³-hybridized carbons (Fsp3) is 0.235. The van der Waals surface area contributed by atoms with Gasteiger partial charge in [0, 0.05) is 25.2 Å². The number of carbonyl (C=O) groups excluding carboxylic acids is 4. The number of benzene rings is 1. The van der Waals surface area contributed by atoms with E-state index in [9.17, 15) is 19.2 Å². The molecule has 0 fully saturated rings. The minimum absolute atomic E-state index is 0.0332. The van der Waals surface area contributed by atoms with Crippen LogP contribution in [-0.4, -0.2) is 46.6 Å². The van der Waals surface area contributed by atoms with Crippen LogP contribution in [0.5, 0.6) is 0 Å². The first-order valence-electron chi connectivity index (χ1n) is 7.80. The van der Waals surface area contributed by atoms with Crippen LogP contribution in [0.3, 0.4) is 0 Å². The Balaban J connectivity index is 1.70. The largest absolute Gasteiger partial charge is 0.454 e. The maximum atomic E-state index is 11.9. The van der Waals surface area contributed by atoms with Crippen LogP contribution >= 0.6 is 23.2 Å². The van der Waals surface area contributed by atoms with Gasteiger partial charge in [0.15, 0.2) is 24.0 Å². The van der Waals surface area contributed by atoms with E-state index in [1.807, 2.05) is 0 Å². The molecule has 0 aliphatic rings. The quantitative estimate of drug-likeness (QED) is 0.482. The van der Waals surface area contributed by atoms with Gasteiger partial charge in [0.25, 0.3) is 0 Å². The molecule has 0 aliphatic carbocycles. The lowest BCUT2D eigenvalue weighted by Crippen LogP contribution is -2.32. The van der Waals surface area contributed by atoms with Gasteiger partial charge in [-0.15, -0.1) is 0 Å². The third-order valence-corrected chi connectivity index (χ3v) is 3.99. The molecule has 0 bridgehead atoms. The van der Waals surface area contributed by atoms with Gasteiger partial charge in [0.1, 0.15) is 0 Å².